The SMILES string of the molecule is CC/C=C(\C=C1\CCCOC1)C1CN[C@@H](c2ccc(CC)o2)C1. The summed E-state index contributed by atoms with van der Waals surface area (Å²) in [6, 6.07) is 4.59. The van der Waals surface area contributed by atoms with Gasteiger partial charge in [-0.15, -0.1) is 0 Å². The number of furan rings is 1. The molecule has 1 aromatic heterocycles. The Kier molecular flexibility index (Phi) is 5.74. The van der Waals surface area contributed by atoms with Crippen LogP contribution in [0.1, 0.15) is 57.1 Å². The molecule has 1 aromatic rings. The molecule has 0 amide bonds. The summed E-state index contributed by atoms with van der Waals surface area (Å²) in [6.07, 6.45) is 10.3. The fourth-order valence-electron chi connectivity index (χ4n) is 3.58. The number of allylic oxidation sites excluding steroid dienone is 2. The first kappa shape index (κ1) is 16.5. The van der Waals surface area contributed by atoms with Crippen LogP contribution in [0.15, 0.2) is 39.8 Å². The molecule has 126 valence electrons. The van der Waals surface area contributed by atoms with E-state index in [2.05, 4.69) is 43.4 Å². The van der Waals surface area contributed by atoms with Gasteiger partial charge in [-0.2, -0.15) is 0 Å². The highest BCUT2D eigenvalue weighted by Gasteiger charge is 2.29. The highest BCUT2D eigenvalue weighted by atomic mass is 16.5. The Morgan fingerprint density at radius 1 is 1.35 bits per heavy atom. The van der Waals surface area contributed by atoms with Gasteiger partial charge in [0.2, 0.25) is 0 Å². The van der Waals surface area contributed by atoms with Crippen LogP contribution >= 0.6 is 0 Å². The smallest absolute Gasteiger partial charge is 0.121 e. The summed E-state index contributed by atoms with van der Waals surface area (Å²) in [5.41, 5.74) is 2.93. The van der Waals surface area contributed by atoms with Crippen LogP contribution in [0.25, 0.3) is 0 Å². The second-order valence-corrected chi connectivity index (χ2v) is 6.62. The normalized spacial score (nSPS) is 27.7. The first-order chi connectivity index (χ1) is 11.3. The van der Waals surface area contributed by atoms with Gasteiger partial charge < -0.3 is 14.5 Å². The Labute approximate surface area is 139 Å². The largest absolute Gasteiger partial charge is 0.464 e. The molecule has 2 aliphatic heterocycles. The maximum atomic E-state index is 5.94. The van der Waals surface area contributed by atoms with Gasteiger partial charge in [0.15, 0.2) is 0 Å². The number of hydrogen-bond donors (Lipinski definition) is 1. The van der Waals surface area contributed by atoms with Gasteiger partial charge >= 0.3 is 0 Å². The lowest BCUT2D eigenvalue weighted by atomic mass is 9.92. The van der Waals surface area contributed by atoms with E-state index in [1.165, 1.54) is 17.6 Å². The first-order valence-electron chi connectivity index (χ1n) is 9.09. The molecule has 1 N–H and O–H groups in total. The van der Waals surface area contributed by atoms with Gasteiger partial charge in [-0.1, -0.05) is 26.0 Å². The van der Waals surface area contributed by atoms with Gasteiger partial charge in [-0.05, 0) is 54.9 Å². The number of ether oxygens (including phenoxy) is 1. The van der Waals surface area contributed by atoms with E-state index in [0.717, 1.165) is 57.0 Å². The van der Waals surface area contributed by atoms with Crippen LogP contribution in [0.5, 0.6) is 0 Å². The predicted octanol–water partition coefficient (Wildman–Crippen LogP) is 4.57. The highest BCUT2D eigenvalue weighted by molar-refractivity contribution is 5.29. The Hall–Kier alpha value is -1.32. The van der Waals surface area contributed by atoms with Crippen molar-refractivity contribution in [1.29, 1.82) is 0 Å². The zero-order valence-corrected chi connectivity index (χ0v) is 14.4. The summed E-state index contributed by atoms with van der Waals surface area (Å²) in [4.78, 5) is 0. The van der Waals surface area contributed by atoms with Crippen LogP contribution in [0.4, 0.5) is 0 Å². The van der Waals surface area contributed by atoms with E-state index in [1.807, 2.05) is 0 Å². The Bertz CT molecular complexity index is 562. The van der Waals surface area contributed by atoms with E-state index in [1.54, 1.807) is 0 Å². The zero-order chi connectivity index (χ0) is 16.1. The topological polar surface area (TPSA) is 34.4 Å². The van der Waals surface area contributed by atoms with Crippen molar-refractivity contribution >= 4 is 0 Å². The Morgan fingerprint density at radius 3 is 2.96 bits per heavy atom. The maximum absolute atomic E-state index is 5.94. The van der Waals surface area contributed by atoms with Crippen LogP contribution in [0.2, 0.25) is 0 Å². The van der Waals surface area contributed by atoms with Crippen molar-refractivity contribution in [2.24, 2.45) is 5.92 Å². The van der Waals surface area contributed by atoms with Gasteiger partial charge in [-0.25, -0.2) is 0 Å². The molecule has 0 saturated carbocycles. The Balaban J connectivity index is 1.68. The van der Waals surface area contributed by atoms with Gasteiger partial charge in [0, 0.05) is 19.6 Å². The molecule has 0 aliphatic carbocycles. The molecule has 3 nitrogen and oxygen atoms in total. The molecule has 2 aliphatic rings. The summed E-state index contributed by atoms with van der Waals surface area (Å²) in [7, 11) is 0. The fourth-order valence-corrected chi connectivity index (χ4v) is 3.58. The quantitative estimate of drug-likeness (QED) is 0.864. The van der Waals surface area contributed by atoms with Crippen molar-refractivity contribution < 1.29 is 9.15 Å². The predicted molar refractivity (Wildman–Crippen MR) is 93.4 cm³/mol. The average Bonchev–Trinajstić information content (AvgIpc) is 3.24. The minimum absolute atomic E-state index is 0.349. The molecule has 2 saturated heterocycles. The molecular formula is C20H29NO2. The van der Waals surface area contributed by atoms with Gasteiger partial charge in [0.1, 0.15) is 11.5 Å². The van der Waals surface area contributed by atoms with E-state index >= 15 is 0 Å². The number of aryl methyl sites for hydroxylation is 1. The van der Waals surface area contributed by atoms with E-state index in [4.69, 9.17) is 9.15 Å². The lowest BCUT2D eigenvalue weighted by molar-refractivity contribution is 0.130. The van der Waals surface area contributed by atoms with Gasteiger partial charge in [0.25, 0.3) is 0 Å². The molecule has 3 heteroatoms. The third-order valence-electron chi connectivity index (χ3n) is 4.86. The average molecular weight is 315 g/mol. The molecule has 0 spiro atoms. The number of nitrogens with one attached hydrogen (secondary N) is 1. The third-order valence-corrected chi connectivity index (χ3v) is 4.86. The van der Waals surface area contributed by atoms with Gasteiger partial charge in [0.05, 0.1) is 12.6 Å². The van der Waals surface area contributed by atoms with Crippen molar-refractivity contribution in [2.45, 2.75) is 52.0 Å². The third kappa shape index (κ3) is 4.15. The molecule has 0 bridgehead atoms. The Morgan fingerprint density at radius 2 is 2.26 bits per heavy atom. The van der Waals surface area contributed by atoms with Crippen LogP contribution < -0.4 is 5.32 Å². The lowest BCUT2D eigenvalue weighted by Crippen LogP contribution is -2.14. The molecule has 1 unspecified atom stereocenters. The van der Waals surface area contributed by atoms with E-state index < -0.39 is 0 Å². The number of rotatable bonds is 5. The van der Waals surface area contributed by atoms with Crippen molar-refractivity contribution in [3.8, 4) is 0 Å². The first-order valence-corrected chi connectivity index (χ1v) is 9.09. The summed E-state index contributed by atoms with van der Waals surface area (Å²) in [6.45, 7) is 7.10. The minimum atomic E-state index is 0.349. The molecule has 23 heavy (non-hydrogen) atoms. The van der Waals surface area contributed by atoms with Crippen molar-refractivity contribution in [3.05, 3.63) is 47.0 Å². The highest BCUT2D eigenvalue weighted by Crippen LogP contribution is 2.34. The van der Waals surface area contributed by atoms with E-state index in [9.17, 15) is 0 Å². The standard InChI is InChI=1S/C20H29NO2/c1-3-6-16(11-15-7-5-10-22-14-15)17-12-19(21-13-17)20-9-8-18(4-2)23-20/h6,8-9,11,17,19,21H,3-5,7,10,12-14H2,1-2H3/b15-11-,16-6+/t17?,19-/m1/s1. The lowest BCUT2D eigenvalue weighted by Gasteiger charge is -2.18. The van der Waals surface area contributed by atoms with Crippen molar-refractivity contribution in [1.82, 2.24) is 5.32 Å². The summed E-state index contributed by atoms with van der Waals surface area (Å²) in [5.74, 6) is 2.74. The van der Waals surface area contributed by atoms with Gasteiger partial charge in [-0.3, -0.25) is 0 Å². The summed E-state index contributed by atoms with van der Waals surface area (Å²) < 4.78 is 11.5. The van der Waals surface area contributed by atoms with Crippen LogP contribution in [0, 0.1) is 5.92 Å². The summed E-state index contributed by atoms with van der Waals surface area (Å²) in [5, 5.41) is 3.64. The molecule has 0 radical (unpaired) electrons. The zero-order valence-electron chi connectivity index (χ0n) is 14.4. The van der Waals surface area contributed by atoms with Crippen molar-refractivity contribution in [3.63, 3.8) is 0 Å². The molecular weight excluding hydrogens is 286 g/mol. The van der Waals surface area contributed by atoms with Crippen LogP contribution in [-0.4, -0.2) is 19.8 Å². The fraction of sp³-hybridized carbons (Fsp3) is 0.600. The van der Waals surface area contributed by atoms with Crippen LogP contribution in [-0.2, 0) is 11.2 Å². The molecule has 0 aromatic carbocycles. The van der Waals surface area contributed by atoms with Crippen LogP contribution in [0.3, 0.4) is 0 Å². The monoisotopic (exact) mass is 315 g/mol. The van der Waals surface area contributed by atoms with Crippen molar-refractivity contribution in [2.75, 3.05) is 19.8 Å². The minimum Gasteiger partial charge on any atom is -0.464 e. The van der Waals surface area contributed by atoms with E-state index in [0.29, 0.717) is 12.0 Å². The molecule has 3 heterocycles. The molecule has 2 atom stereocenters. The maximum Gasteiger partial charge on any atom is 0.121 e. The second-order valence-electron chi connectivity index (χ2n) is 6.62. The summed E-state index contributed by atoms with van der Waals surface area (Å²) >= 11 is 0. The molecule has 2 fully saturated rings. The molecule has 3 rings (SSSR count). The second kappa shape index (κ2) is 7.98. The number of hydrogen-bond acceptors (Lipinski definition) is 3. The van der Waals surface area contributed by atoms with E-state index in [-0.39, 0.29) is 0 Å².